The number of hydrogen-bond acceptors (Lipinski definition) is 3. The van der Waals surface area contributed by atoms with Gasteiger partial charge in [0.15, 0.2) is 0 Å². The maximum Gasteiger partial charge on any atom is 0.251 e. The minimum Gasteiger partial charge on any atom is -0.378 e. The molecule has 1 aromatic carbocycles. The van der Waals surface area contributed by atoms with Crippen LogP contribution in [-0.4, -0.2) is 21.5 Å². The molecule has 1 atom stereocenters. The summed E-state index contributed by atoms with van der Waals surface area (Å²) in [5, 5.41) is 6.40. The summed E-state index contributed by atoms with van der Waals surface area (Å²) in [4.78, 5) is 16.5. The Morgan fingerprint density at radius 1 is 1.30 bits per heavy atom. The predicted molar refractivity (Wildman–Crippen MR) is 91.2 cm³/mol. The Hall–Kier alpha value is -2.56. The van der Waals surface area contributed by atoms with E-state index in [1.165, 1.54) is 0 Å². The summed E-state index contributed by atoms with van der Waals surface area (Å²) >= 11 is 0. The second-order valence-corrected chi connectivity index (χ2v) is 5.84. The maximum absolute atomic E-state index is 12.2. The van der Waals surface area contributed by atoms with E-state index in [4.69, 9.17) is 0 Å². The highest BCUT2D eigenvalue weighted by Crippen LogP contribution is 2.14. The van der Waals surface area contributed by atoms with Gasteiger partial charge in [0.25, 0.3) is 5.91 Å². The molecule has 0 bridgehead atoms. The Bertz CT molecular complexity index is 687. The fraction of sp³-hybridized carbons (Fsp3) is 0.333. The Morgan fingerprint density at radius 3 is 2.78 bits per heavy atom. The highest BCUT2D eigenvalue weighted by molar-refractivity contribution is 5.94. The maximum atomic E-state index is 12.2. The normalized spacial score (nSPS) is 17.0. The van der Waals surface area contributed by atoms with E-state index < -0.39 is 0 Å². The van der Waals surface area contributed by atoms with Crippen molar-refractivity contribution in [1.82, 2.24) is 14.9 Å². The number of imidazole rings is 1. The summed E-state index contributed by atoms with van der Waals surface area (Å²) in [6.07, 6.45) is 11.0. The van der Waals surface area contributed by atoms with E-state index in [0.717, 1.165) is 30.8 Å². The molecule has 23 heavy (non-hydrogen) atoms. The first-order valence-electron chi connectivity index (χ1n) is 7.98. The van der Waals surface area contributed by atoms with Crippen molar-refractivity contribution in [2.45, 2.75) is 31.8 Å². The minimum atomic E-state index is 0.000881. The largest absolute Gasteiger partial charge is 0.378 e. The van der Waals surface area contributed by atoms with Crippen molar-refractivity contribution in [3.63, 3.8) is 0 Å². The molecule has 0 radical (unpaired) electrons. The Labute approximate surface area is 136 Å². The molecule has 0 saturated heterocycles. The van der Waals surface area contributed by atoms with Crippen LogP contribution in [0.15, 0.2) is 48.8 Å². The van der Waals surface area contributed by atoms with Gasteiger partial charge in [0.05, 0.1) is 6.54 Å². The van der Waals surface area contributed by atoms with Crippen molar-refractivity contribution in [2.75, 3.05) is 5.32 Å². The molecule has 2 N–H and O–H groups in total. The molecule has 3 rings (SSSR count). The third-order valence-corrected chi connectivity index (χ3v) is 4.12. The van der Waals surface area contributed by atoms with Gasteiger partial charge in [-0.3, -0.25) is 4.79 Å². The molecule has 1 heterocycles. The van der Waals surface area contributed by atoms with Crippen molar-refractivity contribution in [3.05, 3.63) is 60.2 Å². The first-order valence-corrected chi connectivity index (χ1v) is 7.98. The lowest BCUT2D eigenvalue weighted by atomic mass is 10.0. The Morgan fingerprint density at radius 2 is 2.13 bits per heavy atom. The van der Waals surface area contributed by atoms with Crippen molar-refractivity contribution in [2.24, 2.45) is 7.05 Å². The third-order valence-electron chi connectivity index (χ3n) is 4.12. The molecule has 2 aromatic rings. The van der Waals surface area contributed by atoms with Crippen LogP contribution < -0.4 is 10.6 Å². The molecule has 1 amide bonds. The minimum absolute atomic E-state index is 0.000881. The van der Waals surface area contributed by atoms with Gasteiger partial charge in [0.1, 0.15) is 5.82 Å². The summed E-state index contributed by atoms with van der Waals surface area (Å²) in [5.74, 6) is 0.970. The highest BCUT2D eigenvalue weighted by Gasteiger charge is 2.14. The van der Waals surface area contributed by atoms with Gasteiger partial charge in [-0.2, -0.15) is 0 Å². The van der Waals surface area contributed by atoms with E-state index in [9.17, 15) is 4.79 Å². The number of aromatic nitrogens is 2. The van der Waals surface area contributed by atoms with Gasteiger partial charge < -0.3 is 15.2 Å². The van der Waals surface area contributed by atoms with E-state index in [-0.39, 0.29) is 11.9 Å². The highest BCUT2D eigenvalue weighted by atomic mass is 16.1. The van der Waals surface area contributed by atoms with Gasteiger partial charge >= 0.3 is 0 Å². The molecule has 1 unspecified atom stereocenters. The van der Waals surface area contributed by atoms with Gasteiger partial charge in [-0.1, -0.05) is 12.2 Å². The smallest absolute Gasteiger partial charge is 0.251 e. The lowest BCUT2D eigenvalue weighted by Crippen LogP contribution is -2.35. The number of hydrogen-bond donors (Lipinski definition) is 2. The second-order valence-electron chi connectivity index (χ2n) is 5.84. The van der Waals surface area contributed by atoms with Crippen LogP contribution in [0.5, 0.6) is 0 Å². The van der Waals surface area contributed by atoms with Crippen LogP contribution in [0, 0.1) is 0 Å². The fourth-order valence-corrected chi connectivity index (χ4v) is 2.68. The molecule has 1 aromatic heterocycles. The quantitative estimate of drug-likeness (QED) is 0.835. The summed E-state index contributed by atoms with van der Waals surface area (Å²) in [7, 11) is 1.97. The average molecular weight is 310 g/mol. The second kappa shape index (κ2) is 7.13. The van der Waals surface area contributed by atoms with Crippen LogP contribution in [0.2, 0.25) is 0 Å². The van der Waals surface area contributed by atoms with E-state index in [1.807, 2.05) is 42.1 Å². The number of allylic oxidation sites excluding steroid dienone is 1. The SMILES string of the molecule is Cn1ccnc1CNc1ccc(C(=O)NC2CC=CCC2)cc1. The van der Waals surface area contributed by atoms with E-state index in [0.29, 0.717) is 12.1 Å². The third kappa shape index (κ3) is 4.00. The number of aryl methyl sites for hydroxylation is 1. The Balaban J connectivity index is 1.55. The van der Waals surface area contributed by atoms with Crippen molar-refractivity contribution in [3.8, 4) is 0 Å². The van der Waals surface area contributed by atoms with Crippen molar-refractivity contribution in [1.29, 1.82) is 0 Å². The van der Waals surface area contributed by atoms with Gasteiger partial charge in [-0.15, -0.1) is 0 Å². The number of carbonyl (C=O) groups excluding carboxylic acids is 1. The number of benzene rings is 1. The fourth-order valence-electron chi connectivity index (χ4n) is 2.68. The number of amides is 1. The molecular formula is C18H22N4O. The van der Waals surface area contributed by atoms with Gasteiger partial charge in [-0.05, 0) is 43.5 Å². The molecule has 1 aliphatic rings. The summed E-state index contributed by atoms with van der Waals surface area (Å²) < 4.78 is 1.98. The van der Waals surface area contributed by atoms with Crippen LogP contribution in [0.4, 0.5) is 5.69 Å². The molecule has 120 valence electrons. The van der Waals surface area contributed by atoms with Gasteiger partial charge in [0, 0.05) is 36.7 Å². The molecule has 5 heteroatoms. The lowest BCUT2D eigenvalue weighted by Gasteiger charge is -2.19. The number of carbonyl (C=O) groups is 1. The molecule has 0 aliphatic heterocycles. The monoisotopic (exact) mass is 310 g/mol. The molecule has 1 aliphatic carbocycles. The van der Waals surface area contributed by atoms with Crippen molar-refractivity contribution >= 4 is 11.6 Å². The summed E-state index contributed by atoms with van der Waals surface area (Å²) in [5.41, 5.74) is 1.67. The zero-order chi connectivity index (χ0) is 16.1. The summed E-state index contributed by atoms with van der Waals surface area (Å²) in [6.45, 7) is 0.656. The zero-order valence-electron chi connectivity index (χ0n) is 13.3. The van der Waals surface area contributed by atoms with Gasteiger partial charge in [0.2, 0.25) is 0 Å². The number of nitrogens with zero attached hydrogens (tertiary/aromatic N) is 2. The number of nitrogens with one attached hydrogen (secondary N) is 2. The topological polar surface area (TPSA) is 59.0 Å². The van der Waals surface area contributed by atoms with E-state index >= 15 is 0 Å². The van der Waals surface area contributed by atoms with Crippen LogP contribution in [-0.2, 0) is 13.6 Å². The standard InChI is InChI=1S/C18H22N4O/c1-22-12-11-19-17(22)13-20-15-9-7-14(8-10-15)18(23)21-16-5-3-2-4-6-16/h2-3,7-12,16,20H,4-6,13H2,1H3,(H,21,23). The van der Waals surface area contributed by atoms with Crippen LogP contribution in [0.3, 0.4) is 0 Å². The predicted octanol–water partition coefficient (Wildman–Crippen LogP) is 2.87. The van der Waals surface area contributed by atoms with Gasteiger partial charge in [-0.25, -0.2) is 4.98 Å². The number of anilines is 1. The molecule has 0 fully saturated rings. The van der Waals surface area contributed by atoms with Crippen LogP contribution >= 0.6 is 0 Å². The first-order chi connectivity index (χ1) is 11.2. The van der Waals surface area contributed by atoms with Crippen LogP contribution in [0.25, 0.3) is 0 Å². The molecular weight excluding hydrogens is 288 g/mol. The number of rotatable bonds is 5. The van der Waals surface area contributed by atoms with E-state index in [1.54, 1.807) is 6.20 Å². The molecule has 0 saturated carbocycles. The first kappa shape index (κ1) is 15.3. The van der Waals surface area contributed by atoms with Crippen molar-refractivity contribution < 1.29 is 4.79 Å². The average Bonchev–Trinajstić information content (AvgIpc) is 2.99. The lowest BCUT2D eigenvalue weighted by molar-refractivity contribution is 0.0935. The Kier molecular flexibility index (Phi) is 4.76. The van der Waals surface area contributed by atoms with Crippen LogP contribution in [0.1, 0.15) is 35.4 Å². The summed E-state index contributed by atoms with van der Waals surface area (Å²) in [6, 6.07) is 7.83. The zero-order valence-corrected chi connectivity index (χ0v) is 13.3. The molecule has 5 nitrogen and oxygen atoms in total. The van der Waals surface area contributed by atoms with E-state index in [2.05, 4.69) is 27.8 Å². The molecule has 0 spiro atoms.